The highest BCUT2D eigenvalue weighted by Crippen LogP contribution is 2.24. The van der Waals surface area contributed by atoms with E-state index in [-0.39, 0.29) is 24.0 Å². The van der Waals surface area contributed by atoms with Gasteiger partial charge in [0.05, 0.1) is 10.8 Å². The number of halogens is 1. The minimum atomic E-state index is -3.88. The number of nitrogens with zero attached hydrogens (tertiary/aromatic N) is 1. The molecule has 9 nitrogen and oxygen atoms in total. The minimum Gasteiger partial charge on any atom is -0.455 e. The Labute approximate surface area is 186 Å². The first-order valence-corrected chi connectivity index (χ1v) is 12.2. The molecule has 1 saturated heterocycles. The van der Waals surface area contributed by atoms with E-state index in [1.165, 1.54) is 12.1 Å². The zero-order valence-electron chi connectivity index (χ0n) is 17.7. The molecule has 0 bridgehead atoms. The average molecular weight is 470 g/mol. The zero-order chi connectivity index (χ0) is 23.1. The predicted molar refractivity (Wildman–Crippen MR) is 112 cm³/mol. The molecule has 2 aliphatic rings. The number of nitrogens with one attached hydrogen (secondary N) is 2. The maximum atomic E-state index is 13.1. The van der Waals surface area contributed by atoms with E-state index in [9.17, 15) is 27.2 Å². The van der Waals surface area contributed by atoms with E-state index in [0.717, 1.165) is 48.5 Å². The summed E-state index contributed by atoms with van der Waals surface area (Å²) in [5.41, 5.74) is 0. The SMILES string of the molecule is O=C(COC(=O)C1CCCN(S(=O)(=O)c2ccc(F)cc2)C1)NC(=O)NC1CCCCC1. The number of piperidine rings is 1. The van der Waals surface area contributed by atoms with Crippen molar-refractivity contribution in [3.8, 4) is 0 Å². The number of sulfonamides is 1. The van der Waals surface area contributed by atoms with Crippen molar-refractivity contribution in [1.82, 2.24) is 14.9 Å². The van der Waals surface area contributed by atoms with Gasteiger partial charge in [-0.05, 0) is 49.9 Å². The van der Waals surface area contributed by atoms with Crippen LogP contribution in [0.3, 0.4) is 0 Å². The van der Waals surface area contributed by atoms with E-state index < -0.39 is 46.3 Å². The van der Waals surface area contributed by atoms with E-state index in [4.69, 9.17) is 4.74 Å². The van der Waals surface area contributed by atoms with Crippen molar-refractivity contribution in [2.75, 3.05) is 19.7 Å². The smallest absolute Gasteiger partial charge is 0.321 e. The van der Waals surface area contributed by atoms with E-state index in [1.807, 2.05) is 0 Å². The van der Waals surface area contributed by atoms with Crippen LogP contribution < -0.4 is 10.6 Å². The first-order chi connectivity index (χ1) is 15.3. The lowest BCUT2D eigenvalue weighted by atomic mass is 9.96. The van der Waals surface area contributed by atoms with Gasteiger partial charge in [0.2, 0.25) is 10.0 Å². The van der Waals surface area contributed by atoms with Crippen LogP contribution in [0.2, 0.25) is 0 Å². The fourth-order valence-electron chi connectivity index (χ4n) is 3.99. The molecule has 1 unspecified atom stereocenters. The minimum absolute atomic E-state index is 0.0374. The standard InChI is InChI=1S/C21H28FN3O6S/c22-16-8-10-18(11-9-16)32(29,30)25-12-4-5-15(13-25)20(27)31-14-19(26)24-21(28)23-17-6-2-1-3-7-17/h8-11,15,17H,1-7,12-14H2,(H2,23,24,26,28). The number of rotatable bonds is 6. The second kappa shape index (κ2) is 10.9. The molecular weight excluding hydrogens is 441 g/mol. The van der Waals surface area contributed by atoms with Gasteiger partial charge in [-0.25, -0.2) is 17.6 Å². The molecule has 3 rings (SSSR count). The lowest BCUT2D eigenvalue weighted by Gasteiger charge is -2.30. The van der Waals surface area contributed by atoms with Gasteiger partial charge in [-0.1, -0.05) is 19.3 Å². The first-order valence-electron chi connectivity index (χ1n) is 10.8. The number of esters is 1. The van der Waals surface area contributed by atoms with Crippen molar-refractivity contribution >= 4 is 27.9 Å². The van der Waals surface area contributed by atoms with Crippen LogP contribution in [0.15, 0.2) is 29.2 Å². The summed E-state index contributed by atoms with van der Waals surface area (Å²) in [5, 5.41) is 4.88. The fraction of sp³-hybridized carbons (Fsp3) is 0.571. The second-order valence-corrected chi connectivity index (χ2v) is 10.1. The average Bonchev–Trinajstić information content (AvgIpc) is 2.78. The molecule has 0 spiro atoms. The summed E-state index contributed by atoms with van der Waals surface area (Å²) in [6.45, 7) is -0.494. The molecular formula is C21H28FN3O6S. The summed E-state index contributed by atoms with van der Waals surface area (Å²) in [7, 11) is -3.88. The van der Waals surface area contributed by atoms with Crippen LogP contribution in [0.4, 0.5) is 9.18 Å². The van der Waals surface area contributed by atoms with Crippen LogP contribution in [0.25, 0.3) is 0 Å². The second-order valence-electron chi connectivity index (χ2n) is 8.12. The number of amides is 3. The van der Waals surface area contributed by atoms with Crippen LogP contribution in [-0.2, 0) is 24.3 Å². The van der Waals surface area contributed by atoms with E-state index in [1.54, 1.807) is 0 Å². The molecule has 1 heterocycles. The summed E-state index contributed by atoms with van der Waals surface area (Å²) < 4.78 is 44.8. The number of ether oxygens (including phenoxy) is 1. The molecule has 32 heavy (non-hydrogen) atoms. The Bertz CT molecular complexity index is 931. The predicted octanol–water partition coefficient (Wildman–Crippen LogP) is 1.93. The molecule has 0 radical (unpaired) electrons. The highest BCUT2D eigenvalue weighted by molar-refractivity contribution is 7.89. The van der Waals surface area contributed by atoms with Crippen molar-refractivity contribution in [2.45, 2.75) is 55.9 Å². The molecule has 2 N–H and O–H groups in total. The Balaban J connectivity index is 1.47. The van der Waals surface area contributed by atoms with E-state index >= 15 is 0 Å². The van der Waals surface area contributed by atoms with Gasteiger partial charge in [0.25, 0.3) is 5.91 Å². The van der Waals surface area contributed by atoms with E-state index in [2.05, 4.69) is 10.6 Å². The quantitative estimate of drug-likeness (QED) is 0.614. The van der Waals surface area contributed by atoms with Crippen LogP contribution in [0, 0.1) is 11.7 Å². The Hall–Kier alpha value is -2.53. The molecule has 176 valence electrons. The van der Waals surface area contributed by atoms with Crippen LogP contribution in [0.5, 0.6) is 0 Å². The van der Waals surface area contributed by atoms with Gasteiger partial charge in [0.15, 0.2) is 6.61 Å². The molecule has 11 heteroatoms. The first kappa shape index (κ1) is 24.1. The molecule has 3 amide bonds. The van der Waals surface area contributed by atoms with Gasteiger partial charge in [-0.3, -0.25) is 14.9 Å². The maximum absolute atomic E-state index is 13.1. The van der Waals surface area contributed by atoms with Gasteiger partial charge >= 0.3 is 12.0 Å². The molecule has 1 saturated carbocycles. The molecule has 0 aromatic heterocycles. The zero-order valence-corrected chi connectivity index (χ0v) is 18.5. The molecule has 2 fully saturated rings. The van der Waals surface area contributed by atoms with Gasteiger partial charge < -0.3 is 10.1 Å². The Morgan fingerprint density at radius 1 is 1.03 bits per heavy atom. The maximum Gasteiger partial charge on any atom is 0.321 e. The van der Waals surface area contributed by atoms with Crippen molar-refractivity contribution in [3.05, 3.63) is 30.1 Å². The number of hydrogen-bond acceptors (Lipinski definition) is 6. The largest absolute Gasteiger partial charge is 0.455 e. The van der Waals surface area contributed by atoms with Gasteiger partial charge in [0.1, 0.15) is 5.82 Å². The number of imide groups is 1. The molecule has 1 aromatic carbocycles. The summed E-state index contributed by atoms with van der Waals surface area (Å²) in [6.07, 6.45) is 5.80. The lowest BCUT2D eigenvalue weighted by molar-refractivity contribution is -0.153. The van der Waals surface area contributed by atoms with Gasteiger partial charge in [-0.2, -0.15) is 4.31 Å². The third-order valence-corrected chi connectivity index (χ3v) is 7.59. The summed E-state index contributed by atoms with van der Waals surface area (Å²) in [4.78, 5) is 36.2. The molecule has 1 aromatic rings. The van der Waals surface area contributed by atoms with Crippen LogP contribution >= 0.6 is 0 Å². The molecule has 1 aliphatic heterocycles. The number of urea groups is 1. The third kappa shape index (κ3) is 6.49. The van der Waals surface area contributed by atoms with Gasteiger partial charge in [0, 0.05) is 19.1 Å². The fourth-order valence-corrected chi connectivity index (χ4v) is 5.52. The lowest BCUT2D eigenvalue weighted by Crippen LogP contribution is -2.47. The highest BCUT2D eigenvalue weighted by Gasteiger charge is 2.34. The number of hydrogen-bond donors (Lipinski definition) is 2. The van der Waals surface area contributed by atoms with E-state index in [0.29, 0.717) is 12.8 Å². The summed E-state index contributed by atoms with van der Waals surface area (Å²) >= 11 is 0. The molecule has 1 aliphatic carbocycles. The number of benzene rings is 1. The third-order valence-electron chi connectivity index (χ3n) is 5.71. The Morgan fingerprint density at radius 2 is 1.72 bits per heavy atom. The normalized spacial score (nSPS) is 20.3. The van der Waals surface area contributed by atoms with Crippen molar-refractivity contribution in [2.24, 2.45) is 5.92 Å². The summed E-state index contributed by atoms with van der Waals surface area (Å²) in [6, 6.07) is 3.89. The van der Waals surface area contributed by atoms with Crippen molar-refractivity contribution < 1.29 is 31.9 Å². The topological polar surface area (TPSA) is 122 Å². The number of carbonyl (C=O) groups is 3. The highest BCUT2D eigenvalue weighted by atomic mass is 32.2. The van der Waals surface area contributed by atoms with Gasteiger partial charge in [-0.15, -0.1) is 0 Å². The Morgan fingerprint density at radius 3 is 2.41 bits per heavy atom. The molecule has 1 atom stereocenters. The van der Waals surface area contributed by atoms with Crippen molar-refractivity contribution in [1.29, 1.82) is 0 Å². The number of carbonyl (C=O) groups excluding carboxylic acids is 3. The Kier molecular flexibility index (Phi) is 8.19. The monoisotopic (exact) mass is 469 g/mol. The van der Waals surface area contributed by atoms with Crippen LogP contribution in [0.1, 0.15) is 44.9 Å². The van der Waals surface area contributed by atoms with Crippen molar-refractivity contribution in [3.63, 3.8) is 0 Å². The summed E-state index contributed by atoms with van der Waals surface area (Å²) in [5.74, 6) is -2.73. The van der Waals surface area contributed by atoms with Crippen LogP contribution in [-0.4, -0.2) is 56.4 Å².